The Morgan fingerprint density at radius 3 is 2.81 bits per heavy atom. The van der Waals surface area contributed by atoms with E-state index in [1.807, 2.05) is 6.26 Å². The SMILES string of the molecule is COc1ccc(N)c(NC(=O)CSC)c1.Cl. The molecule has 0 spiro atoms. The van der Waals surface area contributed by atoms with Crippen molar-refractivity contribution in [2.75, 3.05) is 30.2 Å². The topological polar surface area (TPSA) is 64.3 Å². The Morgan fingerprint density at radius 1 is 1.56 bits per heavy atom. The number of methoxy groups -OCH3 is 1. The number of hydrogen-bond acceptors (Lipinski definition) is 4. The number of carbonyl (C=O) groups excluding carboxylic acids is 1. The summed E-state index contributed by atoms with van der Waals surface area (Å²) < 4.78 is 5.04. The standard InChI is InChI=1S/C10H14N2O2S.ClH/c1-14-7-3-4-8(11)9(5-7)12-10(13)6-15-2;/h3-5H,6,11H2,1-2H3,(H,12,13);1H. The van der Waals surface area contributed by atoms with Crippen LogP contribution in [0.3, 0.4) is 0 Å². The summed E-state index contributed by atoms with van der Waals surface area (Å²) in [5.41, 5.74) is 6.84. The number of halogens is 1. The van der Waals surface area contributed by atoms with Gasteiger partial charge in [-0.1, -0.05) is 0 Å². The van der Waals surface area contributed by atoms with E-state index in [-0.39, 0.29) is 18.3 Å². The van der Waals surface area contributed by atoms with Gasteiger partial charge in [0, 0.05) is 6.07 Å². The van der Waals surface area contributed by atoms with E-state index in [1.54, 1.807) is 25.3 Å². The number of thioether (sulfide) groups is 1. The molecule has 1 rings (SSSR count). The summed E-state index contributed by atoms with van der Waals surface area (Å²) in [5, 5.41) is 2.72. The first-order chi connectivity index (χ1) is 7.17. The number of benzene rings is 1. The summed E-state index contributed by atoms with van der Waals surface area (Å²) in [6.45, 7) is 0. The van der Waals surface area contributed by atoms with Crippen molar-refractivity contribution in [1.82, 2.24) is 0 Å². The lowest BCUT2D eigenvalue weighted by Gasteiger charge is -2.09. The van der Waals surface area contributed by atoms with E-state index < -0.39 is 0 Å². The Bertz CT molecular complexity index is 361. The molecule has 0 aliphatic heterocycles. The molecule has 0 saturated carbocycles. The third kappa shape index (κ3) is 4.20. The molecule has 90 valence electrons. The molecular weight excluding hydrogens is 248 g/mol. The monoisotopic (exact) mass is 262 g/mol. The van der Waals surface area contributed by atoms with E-state index in [1.165, 1.54) is 11.8 Å². The number of nitrogens with two attached hydrogens (primary N) is 1. The first-order valence-electron chi connectivity index (χ1n) is 4.39. The molecule has 3 N–H and O–H groups in total. The minimum Gasteiger partial charge on any atom is -0.497 e. The van der Waals surface area contributed by atoms with E-state index in [2.05, 4.69) is 5.32 Å². The Balaban J connectivity index is 0.00000225. The number of anilines is 2. The summed E-state index contributed by atoms with van der Waals surface area (Å²) >= 11 is 1.46. The third-order valence-electron chi connectivity index (χ3n) is 1.81. The first kappa shape index (κ1) is 14.9. The number of amides is 1. The van der Waals surface area contributed by atoms with Crippen LogP contribution in [0.1, 0.15) is 0 Å². The molecule has 1 aromatic carbocycles. The second-order valence-corrected chi connectivity index (χ2v) is 3.80. The highest BCUT2D eigenvalue weighted by Gasteiger charge is 2.05. The van der Waals surface area contributed by atoms with Gasteiger partial charge in [0.2, 0.25) is 5.91 Å². The van der Waals surface area contributed by atoms with E-state index in [0.717, 1.165) is 0 Å². The summed E-state index contributed by atoms with van der Waals surface area (Å²) in [6.07, 6.45) is 1.87. The molecule has 0 aliphatic carbocycles. The molecule has 0 atom stereocenters. The molecule has 0 aliphatic rings. The maximum atomic E-state index is 11.3. The van der Waals surface area contributed by atoms with Crippen LogP contribution in [0.5, 0.6) is 5.75 Å². The molecular formula is C10H15ClN2O2S. The lowest BCUT2D eigenvalue weighted by Crippen LogP contribution is -2.15. The summed E-state index contributed by atoms with van der Waals surface area (Å²) in [4.78, 5) is 11.3. The van der Waals surface area contributed by atoms with Crippen LogP contribution in [0.15, 0.2) is 18.2 Å². The molecule has 0 unspecified atom stereocenters. The molecule has 1 amide bonds. The van der Waals surface area contributed by atoms with Gasteiger partial charge in [-0.2, -0.15) is 11.8 Å². The van der Waals surface area contributed by atoms with Crippen molar-refractivity contribution in [1.29, 1.82) is 0 Å². The van der Waals surface area contributed by atoms with E-state index in [9.17, 15) is 4.79 Å². The van der Waals surface area contributed by atoms with Crippen molar-refractivity contribution in [2.24, 2.45) is 0 Å². The van der Waals surface area contributed by atoms with Gasteiger partial charge in [-0.15, -0.1) is 12.4 Å². The van der Waals surface area contributed by atoms with Gasteiger partial charge in [-0.05, 0) is 18.4 Å². The fourth-order valence-corrected chi connectivity index (χ4v) is 1.42. The largest absolute Gasteiger partial charge is 0.497 e. The van der Waals surface area contributed by atoms with Crippen LogP contribution < -0.4 is 15.8 Å². The van der Waals surface area contributed by atoms with Gasteiger partial charge in [-0.3, -0.25) is 4.79 Å². The third-order valence-corrected chi connectivity index (χ3v) is 2.36. The van der Waals surface area contributed by atoms with E-state index in [4.69, 9.17) is 10.5 Å². The van der Waals surface area contributed by atoms with Crippen molar-refractivity contribution in [3.8, 4) is 5.75 Å². The molecule has 0 aromatic heterocycles. The molecule has 1 aromatic rings. The highest BCUT2D eigenvalue weighted by Crippen LogP contribution is 2.24. The summed E-state index contributed by atoms with van der Waals surface area (Å²) in [7, 11) is 1.57. The fourth-order valence-electron chi connectivity index (χ4n) is 1.09. The van der Waals surface area contributed by atoms with Crippen molar-refractivity contribution in [3.63, 3.8) is 0 Å². The van der Waals surface area contributed by atoms with E-state index in [0.29, 0.717) is 22.9 Å². The maximum Gasteiger partial charge on any atom is 0.234 e. The Kier molecular flexibility index (Phi) is 6.76. The van der Waals surface area contributed by atoms with Crippen molar-refractivity contribution in [2.45, 2.75) is 0 Å². The summed E-state index contributed by atoms with van der Waals surface area (Å²) in [5.74, 6) is 1.02. The van der Waals surface area contributed by atoms with Crippen LogP contribution in [-0.4, -0.2) is 25.0 Å². The molecule has 0 radical (unpaired) electrons. The number of carbonyl (C=O) groups is 1. The fraction of sp³-hybridized carbons (Fsp3) is 0.300. The number of hydrogen-bond donors (Lipinski definition) is 2. The molecule has 16 heavy (non-hydrogen) atoms. The molecule has 4 nitrogen and oxygen atoms in total. The van der Waals surface area contributed by atoms with Crippen molar-refractivity contribution < 1.29 is 9.53 Å². The zero-order chi connectivity index (χ0) is 11.3. The second-order valence-electron chi connectivity index (χ2n) is 2.93. The molecule has 0 heterocycles. The first-order valence-corrected chi connectivity index (χ1v) is 5.79. The minimum absolute atomic E-state index is 0. The van der Waals surface area contributed by atoms with E-state index >= 15 is 0 Å². The predicted molar refractivity (Wildman–Crippen MR) is 71.7 cm³/mol. The van der Waals surface area contributed by atoms with Crippen LogP contribution in [0.25, 0.3) is 0 Å². The lowest BCUT2D eigenvalue weighted by molar-refractivity contribution is -0.113. The number of ether oxygens (including phenoxy) is 1. The molecule has 0 bridgehead atoms. The van der Waals surface area contributed by atoms with Gasteiger partial charge in [0.1, 0.15) is 5.75 Å². The molecule has 0 saturated heterocycles. The van der Waals surface area contributed by atoms with Gasteiger partial charge < -0.3 is 15.8 Å². The zero-order valence-corrected chi connectivity index (χ0v) is 10.8. The predicted octanol–water partition coefficient (Wildman–Crippen LogP) is 2.00. The van der Waals surface area contributed by atoms with Crippen LogP contribution in [-0.2, 0) is 4.79 Å². The Labute approximate surface area is 105 Å². The van der Waals surface area contributed by atoms with Gasteiger partial charge in [0.25, 0.3) is 0 Å². The average Bonchev–Trinajstić information content (AvgIpc) is 2.21. The van der Waals surface area contributed by atoms with Crippen LogP contribution in [0.2, 0.25) is 0 Å². The quantitative estimate of drug-likeness (QED) is 0.815. The number of rotatable bonds is 4. The van der Waals surface area contributed by atoms with Crippen molar-refractivity contribution in [3.05, 3.63) is 18.2 Å². The zero-order valence-electron chi connectivity index (χ0n) is 9.15. The molecule has 6 heteroatoms. The molecule has 0 fully saturated rings. The normalized spacial score (nSPS) is 9.12. The van der Waals surface area contributed by atoms with Crippen molar-refractivity contribution >= 4 is 41.5 Å². The van der Waals surface area contributed by atoms with Crippen LogP contribution in [0.4, 0.5) is 11.4 Å². The van der Waals surface area contributed by atoms with Gasteiger partial charge in [-0.25, -0.2) is 0 Å². The van der Waals surface area contributed by atoms with Crippen LogP contribution >= 0.6 is 24.2 Å². The van der Waals surface area contributed by atoms with Gasteiger partial charge in [0.15, 0.2) is 0 Å². The van der Waals surface area contributed by atoms with Gasteiger partial charge >= 0.3 is 0 Å². The lowest BCUT2D eigenvalue weighted by atomic mass is 10.2. The second kappa shape index (κ2) is 7.24. The minimum atomic E-state index is -0.0672. The highest BCUT2D eigenvalue weighted by atomic mass is 35.5. The maximum absolute atomic E-state index is 11.3. The Hall–Kier alpha value is -1.07. The summed E-state index contributed by atoms with van der Waals surface area (Å²) in [6, 6.07) is 5.15. The smallest absolute Gasteiger partial charge is 0.234 e. The van der Waals surface area contributed by atoms with Crippen LogP contribution in [0, 0.1) is 0 Å². The number of nitrogens with one attached hydrogen (secondary N) is 1. The number of nitrogen functional groups attached to an aromatic ring is 1. The van der Waals surface area contributed by atoms with Gasteiger partial charge in [0.05, 0.1) is 24.2 Å². The highest BCUT2D eigenvalue weighted by molar-refractivity contribution is 7.99. The average molecular weight is 263 g/mol. The Morgan fingerprint density at radius 2 is 2.25 bits per heavy atom.